The van der Waals surface area contributed by atoms with Crippen molar-refractivity contribution in [2.75, 3.05) is 86.4 Å². The number of alkyl halides is 19. The molecule has 0 spiro atoms. The monoisotopic (exact) mass is 1510 g/mol. The van der Waals surface area contributed by atoms with Gasteiger partial charge in [-0.25, -0.2) is 0 Å². The summed E-state index contributed by atoms with van der Waals surface area (Å²) in [6, 6.07) is 23.2. The first kappa shape index (κ1) is 91.5. The molecule has 0 saturated heterocycles. The third-order valence-corrected chi connectivity index (χ3v) is 14.4. The van der Waals surface area contributed by atoms with Crippen LogP contribution in [0.5, 0.6) is 11.5 Å². The summed E-state index contributed by atoms with van der Waals surface area (Å²) in [6.07, 6.45) is -36.8. The van der Waals surface area contributed by atoms with Gasteiger partial charge in [0.15, 0.2) is 0 Å². The molecule has 0 aliphatic carbocycles. The molecule has 0 radical (unpaired) electrons. The Bertz CT molecular complexity index is 2800. The molecule has 4 amide bonds. The highest BCUT2D eigenvalue weighted by Crippen LogP contribution is 2.43. The Morgan fingerprint density at radius 2 is 0.752 bits per heavy atom. The molecule has 20 nitrogen and oxygen atoms in total. The third kappa shape index (κ3) is 40.7. The summed E-state index contributed by atoms with van der Waals surface area (Å²) in [5, 5.41) is 63.6. The molecular weight excluding hydrogens is 1430 g/mol. The van der Waals surface area contributed by atoms with E-state index in [-0.39, 0.29) is 84.0 Å². The van der Waals surface area contributed by atoms with E-state index in [1.165, 1.54) is 14.2 Å². The lowest BCUT2D eigenvalue weighted by Gasteiger charge is -2.37. The first-order chi connectivity index (χ1) is 47.7. The minimum atomic E-state index is -5.18. The number of benzene rings is 3. The van der Waals surface area contributed by atoms with Gasteiger partial charge in [0.25, 0.3) is 12.5 Å². The van der Waals surface area contributed by atoms with Crippen LogP contribution in [0.2, 0.25) is 0 Å². The van der Waals surface area contributed by atoms with Gasteiger partial charge in [-0.1, -0.05) is 54.6 Å². The second kappa shape index (κ2) is 47.6. The van der Waals surface area contributed by atoms with E-state index in [2.05, 4.69) is 11.6 Å². The molecule has 0 aromatic heterocycles. The fourth-order valence-electron chi connectivity index (χ4n) is 9.79. The van der Waals surface area contributed by atoms with E-state index in [1.807, 2.05) is 30.3 Å². The SMILES string of the molecule is COc1ccc(C(OCC(O)COCC(CCCNC(=O)C(F)(F)F)(CCCNC(=O)C(F)(F)F)CCCC(F)(F)F)(c2ccccc2)c2ccc(OC)cc2)cc1.N#CO.N#CO.O=C(NCCCC(CCCNC(=O)C(F)(F)F)(CCCC(F)(F)F)COCC(O)CO)C(F)(F)F.[2H]C([3H])Cl. The van der Waals surface area contributed by atoms with Gasteiger partial charge in [-0.15, -0.1) is 11.6 Å². The molecule has 0 fully saturated rings. The van der Waals surface area contributed by atoms with E-state index in [0.717, 1.165) is 12.5 Å². The number of aliphatic hydroxyl groups excluding tert-OH is 5. The van der Waals surface area contributed by atoms with Crippen molar-refractivity contribution in [1.82, 2.24) is 21.3 Å². The van der Waals surface area contributed by atoms with Crippen molar-refractivity contribution >= 4 is 35.2 Å². The van der Waals surface area contributed by atoms with E-state index in [4.69, 9.17) is 52.3 Å². The van der Waals surface area contributed by atoms with Crippen molar-refractivity contribution in [2.24, 2.45) is 10.8 Å². The summed E-state index contributed by atoms with van der Waals surface area (Å²) >= 11 is 4.61. The van der Waals surface area contributed by atoms with Crippen molar-refractivity contribution in [2.45, 2.75) is 145 Å². The largest absolute Gasteiger partial charge is 0.497 e. The molecule has 101 heavy (non-hydrogen) atoms. The lowest BCUT2D eigenvalue weighted by Crippen LogP contribution is -2.39. The Morgan fingerprint density at radius 1 is 0.485 bits per heavy atom. The number of hydrogen-bond acceptors (Lipinski definition) is 16. The maximum atomic E-state index is 13.2. The number of hydrogen-bond donors (Lipinski definition) is 9. The number of nitrogens with zero attached hydrogens (tertiary/aromatic N) is 2. The van der Waals surface area contributed by atoms with Crippen molar-refractivity contribution in [3.05, 3.63) is 95.6 Å². The molecule has 3 aromatic carbocycles. The number of carbonyl (C=O) groups excluding carboxylic acids is 4. The molecule has 0 saturated carbocycles. The minimum absolute atomic E-state index is 0.0779. The number of ether oxygens (including phenoxy) is 5. The molecule has 3 unspecified atom stereocenters. The van der Waals surface area contributed by atoms with Gasteiger partial charge in [0.1, 0.15) is 29.3 Å². The summed E-state index contributed by atoms with van der Waals surface area (Å²) in [5.74, 6) is -7.73. The van der Waals surface area contributed by atoms with Crippen LogP contribution in [0, 0.1) is 33.9 Å². The number of rotatable bonds is 39. The standard InChI is InChI=1S/C40H47F9N2O7.C19H29F9N2O5.CH3Cl.2CHNO/c1-55-32-15-11-29(12-16-32)38(28-9-4-3-5-10-28,30-13-17-33(56-2)18-14-30)58-26-31(52)25-57-27-36(19-6-22-37(41,42)43,20-7-23-50-34(53)39(44,45)46)21-8-24-51-35(54)40(47,48)49;20-17(21,22)7-1-4-16(12-35-11-13(32)10-31,5-2-8-29-14(33)18(23,24)25)6-3-9-30-15(34)19(26,27)28;1-2;2*2-1-3/h3-5,9-18,31,52H,6-8,19-27H2,1-2H3,(H,50,53)(H,51,54);13,31-32H,1-12H2,(H,29,33)(H,30,34);1H3;2*3H/i;;1TD;;. The second-order valence-electron chi connectivity index (χ2n) is 21.9. The van der Waals surface area contributed by atoms with Gasteiger partial charge >= 0.3 is 60.7 Å². The van der Waals surface area contributed by atoms with E-state index >= 15 is 0 Å². The number of carbonyl (C=O) groups is 4. The number of methoxy groups -OCH3 is 2. The number of nitriles is 2. The molecule has 9 N–H and O–H groups in total. The van der Waals surface area contributed by atoms with E-state index in [9.17, 15) is 108 Å². The predicted octanol–water partition coefficient (Wildman–Crippen LogP) is 11.6. The van der Waals surface area contributed by atoms with Gasteiger partial charge in [-0.3, -0.25) is 19.2 Å². The molecule has 0 aliphatic heterocycles. The summed E-state index contributed by atoms with van der Waals surface area (Å²) in [5.41, 5.74) is -1.82. The van der Waals surface area contributed by atoms with Gasteiger partial charge in [-0.2, -0.15) is 89.6 Å². The fraction of sp³-hybridized carbons (Fsp3) is 0.613. The van der Waals surface area contributed by atoms with Crippen LogP contribution in [0.25, 0.3) is 0 Å². The fourth-order valence-corrected chi connectivity index (χ4v) is 9.79. The summed E-state index contributed by atoms with van der Waals surface area (Å²) in [7, 11) is 3.02. The molecule has 0 bridgehead atoms. The summed E-state index contributed by atoms with van der Waals surface area (Å²) in [6.45, 7) is -4.61. The van der Waals surface area contributed by atoms with Crippen LogP contribution in [-0.2, 0) is 39.0 Å². The average Bonchev–Trinajstić information content (AvgIpc) is 0.754. The Hall–Kier alpha value is -7.49. The van der Waals surface area contributed by atoms with E-state index in [1.54, 1.807) is 69.8 Å². The molecule has 576 valence electrons. The Balaban J connectivity index is 0. The maximum absolute atomic E-state index is 13.2. The quantitative estimate of drug-likeness (QED) is 0.00843. The highest BCUT2D eigenvalue weighted by atomic mass is 35.5. The first-order valence-corrected chi connectivity index (χ1v) is 30.4. The summed E-state index contributed by atoms with van der Waals surface area (Å²) in [4.78, 5) is 44.6. The van der Waals surface area contributed by atoms with E-state index < -0.39 is 167 Å². The van der Waals surface area contributed by atoms with Gasteiger partial charge < -0.3 is 70.5 Å². The zero-order valence-corrected chi connectivity index (χ0v) is 55.0. The molecule has 39 heteroatoms. The van der Waals surface area contributed by atoms with Gasteiger partial charge in [0.2, 0.25) is 0 Å². The molecule has 0 aliphatic rings. The number of amides is 4. The Morgan fingerprint density at radius 3 is 1.01 bits per heavy atom. The van der Waals surface area contributed by atoms with Crippen LogP contribution in [0.1, 0.15) is 109 Å². The van der Waals surface area contributed by atoms with Crippen molar-refractivity contribution in [3.8, 4) is 24.0 Å². The summed E-state index contributed by atoms with van der Waals surface area (Å²) < 4.78 is 269. The number of nitrogens with one attached hydrogen (secondary N) is 4. The highest BCUT2D eigenvalue weighted by Gasteiger charge is 2.43. The normalized spacial score (nSPS) is 13.2. The number of halogens is 19. The zero-order chi connectivity index (χ0) is 79.4. The molecule has 3 aromatic rings. The average molecular weight is 1510 g/mol. The molecular formula is C62H81ClF18N6O14. The van der Waals surface area contributed by atoms with Crippen molar-refractivity contribution in [1.29, 1.82) is 10.5 Å². The van der Waals surface area contributed by atoms with Crippen LogP contribution >= 0.6 is 11.6 Å². The smallest absolute Gasteiger partial charge is 0.471 e. The lowest BCUT2D eigenvalue weighted by atomic mass is 9.75. The minimum Gasteiger partial charge on any atom is -0.497 e. The van der Waals surface area contributed by atoms with E-state index in [0.29, 0.717) is 28.2 Å². The van der Waals surface area contributed by atoms with Crippen molar-refractivity contribution in [3.63, 3.8) is 0 Å². The van der Waals surface area contributed by atoms with Crippen LogP contribution in [-0.4, -0.2) is 185 Å². The second-order valence-corrected chi connectivity index (χ2v) is 21.9. The van der Waals surface area contributed by atoms with Crippen LogP contribution < -0.4 is 30.7 Å². The third-order valence-electron chi connectivity index (χ3n) is 14.4. The van der Waals surface area contributed by atoms with Crippen LogP contribution in [0.4, 0.5) is 79.0 Å². The Kier molecular flexibility index (Phi) is 43.2. The highest BCUT2D eigenvalue weighted by molar-refractivity contribution is 6.15. The number of aliphatic hydroxyl groups is 5. The topological polar surface area (TPSA) is 311 Å². The van der Waals surface area contributed by atoms with Gasteiger partial charge in [0, 0.05) is 48.1 Å². The first-order valence-electron chi connectivity index (χ1n) is 31.1. The van der Waals surface area contributed by atoms with Gasteiger partial charge in [-0.05, 0) is 129 Å². The predicted molar refractivity (Wildman–Crippen MR) is 324 cm³/mol. The molecule has 3 atom stereocenters. The Labute approximate surface area is 577 Å². The molecule has 0 heterocycles. The maximum Gasteiger partial charge on any atom is 0.471 e. The molecule has 3 rings (SSSR count). The van der Waals surface area contributed by atoms with Crippen LogP contribution in [0.3, 0.4) is 0 Å². The zero-order valence-electron chi connectivity index (χ0n) is 56.2. The van der Waals surface area contributed by atoms with Crippen molar-refractivity contribution < 1.29 is 150 Å². The van der Waals surface area contributed by atoms with Gasteiger partial charge in [0.05, 0.1) is 53.9 Å². The van der Waals surface area contributed by atoms with Crippen LogP contribution in [0.15, 0.2) is 78.9 Å². The lowest BCUT2D eigenvalue weighted by molar-refractivity contribution is -0.173.